The number of carbonyl (C=O) groups excluding carboxylic acids is 2. The molecule has 1 amide bonds. The predicted molar refractivity (Wildman–Crippen MR) is 77.8 cm³/mol. The third kappa shape index (κ3) is 2.79. The van der Waals surface area contributed by atoms with E-state index in [0.29, 0.717) is 11.1 Å². The number of aryl methyl sites for hydroxylation is 1. The molecule has 0 fully saturated rings. The van der Waals surface area contributed by atoms with E-state index in [2.05, 4.69) is 10.3 Å². The first-order chi connectivity index (χ1) is 9.42. The lowest BCUT2D eigenvalue weighted by Crippen LogP contribution is -2.49. The Bertz CT molecular complexity index is 627. The van der Waals surface area contributed by atoms with E-state index in [9.17, 15) is 9.59 Å². The summed E-state index contributed by atoms with van der Waals surface area (Å²) >= 11 is 0. The van der Waals surface area contributed by atoms with E-state index in [1.807, 2.05) is 13.0 Å². The first-order valence-corrected chi connectivity index (χ1v) is 6.47. The van der Waals surface area contributed by atoms with Crippen molar-refractivity contribution in [3.8, 4) is 0 Å². The SMILES string of the molecule is Cc1c[nH]cc1C(=O)NC(C)(C)C(=O)c1ccccc1. The quantitative estimate of drug-likeness (QED) is 0.839. The van der Waals surface area contributed by atoms with Gasteiger partial charge in [0.05, 0.1) is 11.1 Å². The summed E-state index contributed by atoms with van der Waals surface area (Å²) in [5, 5.41) is 2.79. The summed E-state index contributed by atoms with van der Waals surface area (Å²) in [6.07, 6.45) is 3.38. The van der Waals surface area contributed by atoms with Crippen LogP contribution in [0.1, 0.15) is 40.1 Å². The van der Waals surface area contributed by atoms with Gasteiger partial charge in [-0.25, -0.2) is 0 Å². The largest absolute Gasteiger partial charge is 0.367 e. The first-order valence-electron chi connectivity index (χ1n) is 6.47. The molecule has 0 aliphatic carbocycles. The van der Waals surface area contributed by atoms with Crippen molar-refractivity contribution in [2.45, 2.75) is 26.3 Å². The number of nitrogens with one attached hydrogen (secondary N) is 2. The van der Waals surface area contributed by atoms with Crippen LogP contribution in [0.3, 0.4) is 0 Å². The molecular weight excluding hydrogens is 252 g/mol. The highest BCUT2D eigenvalue weighted by Gasteiger charge is 2.31. The molecule has 0 radical (unpaired) electrons. The molecule has 4 nitrogen and oxygen atoms in total. The van der Waals surface area contributed by atoms with Gasteiger partial charge in [-0.2, -0.15) is 0 Å². The van der Waals surface area contributed by atoms with Crippen LogP contribution in [-0.2, 0) is 0 Å². The van der Waals surface area contributed by atoms with Crippen molar-refractivity contribution in [1.82, 2.24) is 10.3 Å². The van der Waals surface area contributed by atoms with Gasteiger partial charge in [0, 0.05) is 18.0 Å². The van der Waals surface area contributed by atoms with Crippen molar-refractivity contribution in [1.29, 1.82) is 0 Å². The number of ketones is 1. The molecule has 1 heterocycles. The van der Waals surface area contributed by atoms with Crippen LogP contribution in [0, 0.1) is 6.92 Å². The van der Waals surface area contributed by atoms with Crippen molar-refractivity contribution in [3.05, 3.63) is 59.4 Å². The number of aromatic amines is 1. The van der Waals surface area contributed by atoms with E-state index < -0.39 is 5.54 Å². The monoisotopic (exact) mass is 270 g/mol. The van der Waals surface area contributed by atoms with Crippen LogP contribution >= 0.6 is 0 Å². The van der Waals surface area contributed by atoms with E-state index in [4.69, 9.17) is 0 Å². The summed E-state index contributed by atoms with van der Waals surface area (Å²) in [7, 11) is 0. The molecule has 0 spiro atoms. The molecule has 2 rings (SSSR count). The van der Waals surface area contributed by atoms with Gasteiger partial charge < -0.3 is 10.3 Å². The van der Waals surface area contributed by atoms with E-state index in [1.54, 1.807) is 50.5 Å². The molecule has 104 valence electrons. The number of H-pyrrole nitrogens is 1. The molecule has 4 heteroatoms. The van der Waals surface area contributed by atoms with Crippen molar-refractivity contribution >= 4 is 11.7 Å². The third-order valence-electron chi connectivity index (χ3n) is 3.23. The van der Waals surface area contributed by atoms with Crippen LogP contribution in [0.5, 0.6) is 0 Å². The van der Waals surface area contributed by atoms with Crippen molar-refractivity contribution in [3.63, 3.8) is 0 Å². The number of hydrogen-bond donors (Lipinski definition) is 2. The normalized spacial score (nSPS) is 11.2. The van der Waals surface area contributed by atoms with E-state index >= 15 is 0 Å². The average Bonchev–Trinajstić information content (AvgIpc) is 2.84. The van der Waals surface area contributed by atoms with Gasteiger partial charge in [-0.1, -0.05) is 30.3 Å². The molecular formula is C16H18N2O2. The predicted octanol–water partition coefficient (Wildman–Crippen LogP) is 2.71. The van der Waals surface area contributed by atoms with Crippen LogP contribution < -0.4 is 5.32 Å². The number of rotatable bonds is 4. The summed E-state index contributed by atoms with van der Waals surface area (Å²) in [5.41, 5.74) is 1.04. The highest BCUT2D eigenvalue weighted by molar-refractivity contribution is 6.06. The van der Waals surface area contributed by atoms with Gasteiger partial charge in [-0.05, 0) is 26.3 Å². The fraction of sp³-hybridized carbons (Fsp3) is 0.250. The summed E-state index contributed by atoms with van der Waals surface area (Å²) in [6, 6.07) is 8.96. The standard InChI is InChI=1S/C16H18N2O2/c1-11-9-17-10-13(11)15(20)18-16(2,3)14(19)12-7-5-4-6-8-12/h4-10,17H,1-3H3,(H,18,20). The van der Waals surface area contributed by atoms with Crippen LogP contribution in [0.4, 0.5) is 0 Å². The second-order valence-corrected chi connectivity index (χ2v) is 5.33. The van der Waals surface area contributed by atoms with Gasteiger partial charge >= 0.3 is 0 Å². The molecule has 0 saturated heterocycles. The Morgan fingerprint density at radius 3 is 2.30 bits per heavy atom. The molecule has 0 bridgehead atoms. The maximum absolute atomic E-state index is 12.4. The van der Waals surface area contributed by atoms with Crippen LogP contribution in [0.2, 0.25) is 0 Å². The second-order valence-electron chi connectivity index (χ2n) is 5.33. The minimum Gasteiger partial charge on any atom is -0.367 e. The lowest BCUT2D eigenvalue weighted by molar-refractivity contribution is 0.0798. The lowest BCUT2D eigenvalue weighted by atomic mass is 9.92. The van der Waals surface area contributed by atoms with Crippen molar-refractivity contribution in [2.24, 2.45) is 0 Å². The van der Waals surface area contributed by atoms with Gasteiger partial charge in [-0.15, -0.1) is 0 Å². The highest BCUT2D eigenvalue weighted by atomic mass is 16.2. The minimum absolute atomic E-state index is 0.111. The average molecular weight is 270 g/mol. The number of aromatic nitrogens is 1. The third-order valence-corrected chi connectivity index (χ3v) is 3.23. The van der Waals surface area contributed by atoms with Gasteiger partial charge in [-0.3, -0.25) is 9.59 Å². The molecule has 1 aromatic heterocycles. The summed E-state index contributed by atoms with van der Waals surface area (Å²) in [4.78, 5) is 27.5. The molecule has 0 atom stereocenters. The Morgan fingerprint density at radius 2 is 1.75 bits per heavy atom. The molecule has 1 aromatic carbocycles. The molecule has 0 unspecified atom stereocenters. The zero-order chi connectivity index (χ0) is 14.8. The van der Waals surface area contributed by atoms with Gasteiger partial charge in [0.2, 0.25) is 0 Å². The molecule has 0 saturated carbocycles. The van der Waals surface area contributed by atoms with E-state index in [0.717, 1.165) is 5.56 Å². The minimum atomic E-state index is -0.956. The van der Waals surface area contributed by atoms with Gasteiger partial charge in [0.1, 0.15) is 0 Å². The number of benzene rings is 1. The van der Waals surface area contributed by atoms with Crippen LogP contribution in [0.25, 0.3) is 0 Å². The Kier molecular flexibility index (Phi) is 3.74. The highest BCUT2D eigenvalue weighted by Crippen LogP contribution is 2.15. The van der Waals surface area contributed by atoms with Crippen molar-refractivity contribution in [2.75, 3.05) is 0 Å². The number of Topliss-reactive ketones (excluding diaryl/α,β-unsaturated/α-hetero) is 1. The molecule has 20 heavy (non-hydrogen) atoms. The first kappa shape index (κ1) is 14.1. The lowest BCUT2D eigenvalue weighted by Gasteiger charge is -2.24. The maximum atomic E-state index is 12.4. The van der Waals surface area contributed by atoms with E-state index in [1.165, 1.54) is 0 Å². The second kappa shape index (κ2) is 5.33. The van der Waals surface area contributed by atoms with E-state index in [-0.39, 0.29) is 11.7 Å². The summed E-state index contributed by atoms with van der Waals surface area (Å²) < 4.78 is 0. The van der Waals surface area contributed by atoms with Crippen LogP contribution in [0.15, 0.2) is 42.7 Å². The summed E-state index contributed by atoms with van der Waals surface area (Å²) in [5.74, 6) is -0.363. The molecule has 0 aliphatic rings. The summed E-state index contributed by atoms with van der Waals surface area (Å²) in [6.45, 7) is 5.27. The smallest absolute Gasteiger partial charge is 0.253 e. The Hall–Kier alpha value is -2.36. The fourth-order valence-electron chi connectivity index (χ4n) is 2.04. The van der Waals surface area contributed by atoms with Crippen molar-refractivity contribution < 1.29 is 9.59 Å². The topological polar surface area (TPSA) is 62.0 Å². The zero-order valence-corrected chi connectivity index (χ0v) is 11.9. The maximum Gasteiger partial charge on any atom is 0.253 e. The van der Waals surface area contributed by atoms with Gasteiger partial charge in [0.25, 0.3) is 5.91 Å². The Morgan fingerprint density at radius 1 is 1.10 bits per heavy atom. The van der Waals surface area contributed by atoms with Gasteiger partial charge in [0.15, 0.2) is 5.78 Å². The Balaban J connectivity index is 2.17. The Labute approximate surface area is 118 Å². The number of amides is 1. The zero-order valence-electron chi connectivity index (χ0n) is 11.9. The fourth-order valence-corrected chi connectivity index (χ4v) is 2.04. The number of hydrogen-bond acceptors (Lipinski definition) is 2. The molecule has 2 N–H and O–H groups in total. The molecule has 2 aromatic rings. The van der Waals surface area contributed by atoms with Crippen LogP contribution in [-0.4, -0.2) is 22.2 Å². The number of carbonyl (C=O) groups is 2. The molecule has 0 aliphatic heterocycles.